The maximum Gasteiger partial charge on any atom is 0.265 e. The van der Waals surface area contributed by atoms with Crippen LogP contribution in [0.15, 0.2) is 65.7 Å². The number of carbonyl (C=O) groups is 2. The minimum atomic E-state index is -4.17. The molecule has 1 unspecified atom stereocenters. The molecule has 0 spiro atoms. The van der Waals surface area contributed by atoms with E-state index < -0.39 is 22.0 Å². The topological polar surface area (TPSA) is 99.7 Å². The van der Waals surface area contributed by atoms with E-state index in [1.54, 1.807) is 63.5 Å². The summed E-state index contributed by atoms with van der Waals surface area (Å²) in [5.41, 5.74) is 3.70. The van der Waals surface area contributed by atoms with E-state index in [0.717, 1.165) is 15.6 Å². The van der Waals surface area contributed by atoms with Gasteiger partial charge in [0.1, 0.15) is 6.04 Å². The molecule has 8 nitrogen and oxygen atoms in total. The number of pyridine rings is 1. The molecule has 2 amide bonds. The summed E-state index contributed by atoms with van der Waals surface area (Å²) in [6, 6.07) is 14.7. The molecule has 1 atom stereocenters. The normalized spacial score (nSPS) is 15.3. The maximum absolute atomic E-state index is 14.1. The molecule has 9 heteroatoms. The highest BCUT2D eigenvalue weighted by molar-refractivity contribution is 7.93. The number of para-hydroxylation sites is 2. The number of hydrogen-bond acceptors (Lipinski definition) is 5. The van der Waals surface area contributed by atoms with Gasteiger partial charge in [-0.25, -0.2) is 8.42 Å². The van der Waals surface area contributed by atoms with Crippen LogP contribution in [0.1, 0.15) is 28.8 Å². The number of aryl methyl sites for hydroxylation is 3. The standard InChI is InChI=1S/C27H30N4O4S/c1-18-15-19(2)26(20(3)16-18)36(34,35)31-23-11-6-5-10-22(23)29-27(33)24(31)17-25(32)30(4)14-12-21-9-7-8-13-28-21/h5-11,13,15-16,24H,12,14,17H2,1-4H3,(H,29,33). The molecule has 4 rings (SSSR count). The minimum absolute atomic E-state index is 0.151. The summed E-state index contributed by atoms with van der Waals surface area (Å²) in [6.07, 6.45) is 1.95. The average Bonchev–Trinajstić information content (AvgIpc) is 2.82. The van der Waals surface area contributed by atoms with Gasteiger partial charge in [0, 0.05) is 31.9 Å². The first kappa shape index (κ1) is 25.4. The SMILES string of the molecule is Cc1cc(C)c(S(=O)(=O)N2c3ccccc3NC(=O)C2CC(=O)N(C)CCc2ccccn2)c(C)c1. The van der Waals surface area contributed by atoms with Crippen LogP contribution in [0.25, 0.3) is 0 Å². The van der Waals surface area contributed by atoms with Crippen molar-refractivity contribution < 1.29 is 18.0 Å². The second-order valence-corrected chi connectivity index (χ2v) is 10.9. The summed E-state index contributed by atoms with van der Waals surface area (Å²) in [6.45, 7) is 5.79. The van der Waals surface area contributed by atoms with Crippen LogP contribution >= 0.6 is 0 Å². The Kier molecular flexibility index (Phi) is 7.12. The van der Waals surface area contributed by atoms with Crippen molar-refractivity contribution in [1.29, 1.82) is 0 Å². The quantitative estimate of drug-likeness (QED) is 0.528. The first-order valence-electron chi connectivity index (χ1n) is 11.8. The highest BCUT2D eigenvalue weighted by Crippen LogP contribution is 2.38. The first-order chi connectivity index (χ1) is 17.1. The van der Waals surface area contributed by atoms with Gasteiger partial charge in [0.15, 0.2) is 0 Å². The molecule has 0 saturated carbocycles. The van der Waals surface area contributed by atoms with Gasteiger partial charge >= 0.3 is 0 Å². The molecule has 0 aliphatic carbocycles. The van der Waals surface area contributed by atoms with Crippen LogP contribution in [-0.2, 0) is 26.0 Å². The van der Waals surface area contributed by atoms with Crippen LogP contribution in [0.5, 0.6) is 0 Å². The van der Waals surface area contributed by atoms with E-state index in [0.29, 0.717) is 35.5 Å². The summed E-state index contributed by atoms with van der Waals surface area (Å²) in [5.74, 6) is -0.866. The van der Waals surface area contributed by atoms with Crippen LogP contribution < -0.4 is 9.62 Å². The number of carbonyl (C=O) groups excluding carboxylic acids is 2. The number of hydrogen-bond donors (Lipinski definition) is 1. The van der Waals surface area contributed by atoms with Gasteiger partial charge in [-0.2, -0.15) is 0 Å². The van der Waals surface area contributed by atoms with E-state index in [1.807, 2.05) is 25.1 Å². The summed E-state index contributed by atoms with van der Waals surface area (Å²) < 4.78 is 29.4. The lowest BCUT2D eigenvalue weighted by Crippen LogP contribution is -2.53. The van der Waals surface area contributed by atoms with Gasteiger partial charge in [-0.05, 0) is 56.2 Å². The first-order valence-corrected chi connectivity index (χ1v) is 13.2. The Labute approximate surface area is 212 Å². The average molecular weight is 507 g/mol. The molecule has 0 bridgehead atoms. The minimum Gasteiger partial charge on any atom is -0.345 e. The van der Waals surface area contributed by atoms with Gasteiger partial charge in [0.2, 0.25) is 11.8 Å². The van der Waals surface area contributed by atoms with E-state index in [-0.39, 0.29) is 17.2 Å². The van der Waals surface area contributed by atoms with Crippen molar-refractivity contribution >= 4 is 33.2 Å². The van der Waals surface area contributed by atoms with Crippen molar-refractivity contribution in [2.24, 2.45) is 0 Å². The molecule has 0 fully saturated rings. The fraction of sp³-hybridized carbons (Fsp3) is 0.296. The fourth-order valence-electron chi connectivity index (χ4n) is 4.68. The second-order valence-electron chi connectivity index (χ2n) is 9.14. The van der Waals surface area contributed by atoms with E-state index in [4.69, 9.17) is 0 Å². The molecule has 0 radical (unpaired) electrons. The van der Waals surface area contributed by atoms with Gasteiger partial charge < -0.3 is 10.2 Å². The number of benzene rings is 2. The number of nitrogens with zero attached hydrogens (tertiary/aromatic N) is 3. The lowest BCUT2D eigenvalue weighted by Gasteiger charge is -2.37. The monoisotopic (exact) mass is 506 g/mol. The lowest BCUT2D eigenvalue weighted by atomic mass is 10.1. The molecule has 1 N–H and O–H groups in total. The highest BCUT2D eigenvalue weighted by atomic mass is 32.2. The number of aromatic nitrogens is 1. The smallest absolute Gasteiger partial charge is 0.265 e. The number of anilines is 2. The molecule has 1 aromatic heterocycles. The molecule has 3 aromatic rings. The number of amides is 2. The van der Waals surface area contributed by atoms with E-state index in [2.05, 4.69) is 10.3 Å². The van der Waals surface area contributed by atoms with Crippen molar-refractivity contribution in [1.82, 2.24) is 9.88 Å². The van der Waals surface area contributed by atoms with E-state index >= 15 is 0 Å². The van der Waals surface area contributed by atoms with Gasteiger partial charge in [-0.3, -0.25) is 18.9 Å². The van der Waals surface area contributed by atoms with Gasteiger partial charge in [-0.1, -0.05) is 35.9 Å². The van der Waals surface area contributed by atoms with Crippen molar-refractivity contribution in [2.45, 2.75) is 44.6 Å². The Morgan fingerprint density at radius 2 is 1.72 bits per heavy atom. The van der Waals surface area contributed by atoms with Crippen molar-refractivity contribution in [2.75, 3.05) is 23.2 Å². The third-order valence-corrected chi connectivity index (χ3v) is 8.46. The number of rotatable bonds is 7. The third kappa shape index (κ3) is 4.97. The molecule has 2 aromatic carbocycles. The third-order valence-electron chi connectivity index (χ3n) is 6.33. The second kappa shape index (κ2) is 10.1. The van der Waals surface area contributed by atoms with E-state index in [9.17, 15) is 18.0 Å². The largest absolute Gasteiger partial charge is 0.345 e. The number of likely N-dealkylation sites (N-methyl/N-ethyl adjacent to an activating group) is 1. The zero-order valence-electron chi connectivity index (χ0n) is 20.9. The maximum atomic E-state index is 14.1. The number of sulfonamides is 1. The number of nitrogens with one attached hydrogen (secondary N) is 1. The van der Waals surface area contributed by atoms with Crippen LogP contribution in [0.2, 0.25) is 0 Å². The molecular weight excluding hydrogens is 476 g/mol. The molecule has 2 heterocycles. The van der Waals surface area contributed by atoms with Crippen LogP contribution in [-0.4, -0.2) is 49.8 Å². The highest BCUT2D eigenvalue weighted by Gasteiger charge is 2.43. The summed E-state index contributed by atoms with van der Waals surface area (Å²) >= 11 is 0. The Morgan fingerprint density at radius 3 is 2.39 bits per heavy atom. The molecule has 1 aliphatic rings. The van der Waals surface area contributed by atoms with Gasteiger partial charge in [0.25, 0.3) is 10.0 Å². The van der Waals surface area contributed by atoms with Crippen LogP contribution in [0.4, 0.5) is 11.4 Å². The van der Waals surface area contributed by atoms with Crippen molar-refractivity contribution in [3.63, 3.8) is 0 Å². The van der Waals surface area contributed by atoms with Crippen LogP contribution in [0.3, 0.4) is 0 Å². The summed E-state index contributed by atoms with van der Waals surface area (Å²) in [7, 11) is -2.52. The zero-order valence-corrected chi connectivity index (χ0v) is 21.7. The Balaban J connectivity index is 1.68. The Bertz CT molecular complexity index is 1380. The van der Waals surface area contributed by atoms with Crippen molar-refractivity contribution in [3.05, 3.63) is 83.2 Å². The molecular formula is C27H30N4O4S. The van der Waals surface area contributed by atoms with Gasteiger partial charge in [0.05, 0.1) is 22.7 Å². The van der Waals surface area contributed by atoms with E-state index in [1.165, 1.54) is 4.90 Å². The predicted octanol–water partition coefficient (Wildman–Crippen LogP) is 3.61. The fourth-order valence-corrected chi connectivity index (χ4v) is 6.73. The Morgan fingerprint density at radius 1 is 1.06 bits per heavy atom. The molecule has 1 aliphatic heterocycles. The summed E-state index contributed by atoms with van der Waals surface area (Å²) in [4.78, 5) is 32.3. The van der Waals surface area contributed by atoms with Crippen molar-refractivity contribution in [3.8, 4) is 0 Å². The number of fused-ring (bicyclic) bond motifs is 1. The lowest BCUT2D eigenvalue weighted by molar-refractivity contribution is -0.132. The molecule has 188 valence electrons. The zero-order chi connectivity index (χ0) is 26.0. The molecule has 0 saturated heterocycles. The molecule has 36 heavy (non-hydrogen) atoms. The summed E-state index contributed by atoms with van der Waals surface area (Å²) in [5, 5.41) is 2.78. The van der Waals surface area contributed by atoms with Gasteiger partial charge in [-0.15, -0.1) is 0 Å². The predicted molar refractivity (Wildman–Crippen MR) is 139 cm³/mol. The Hall–Kier alpha value is -3.72. The van der Waals surface area contributed by atoms with Crippen LogP contribution in [0, 0.1) is 20.8 Å².